The molecule has 0 bridgehead atoms. The summed E-state index contributed by atoms with van der Waals surface area (Å²) >= 11 is 0. The van der Waals surface area contributed by atoms with Crippen LogP contribution in [-0.2, 0) is 9.31 Å². The maximum absolute atomic E-state index is 6.22. The van der Waals surface area contributed by atoms with Gasteiger partial charge in [0.2, 0.25) is 0 Å². The standard InChI is InChI=1S/C26H34B2N2O3/c1-21-6-5-7-24(20-21)28(32-19-17-30-4)23-10-14-26(15-11-23)33-25-12-8-22(9-13-25)27(2)31-18-16-29-3/h5-15,20,29-30H,16-19H2,1-4H3. The minimum Gasteiger partial charge on any atom is -0.457 e. The van der Waals surface area contributed by atoms with Crippen molar-refractivity contribution in [1.29, 1.82) is 0 Å². The molecule has 0 aliphatic rings. The molecule has 0 aliphatic carbocycles. The highest BCUT2D eigenvalue weighted by Crippen LogP contribution is 2.19. The predicted octanol–water partition coefficient (Wildman–Crippen LogP) is 2.19. The average Bonchev–Trinajstić information content (AvgIpc) is 2.83. The van der Waals surface area contributed by atoms with Crippen LogP contribution in [0.4, 0.5) is 0 Å². The first kappa shape index (κ1) is 25.1. The fourth-order valence-corrected chi connectivity index (χ4v) is 3.58. The van der Waals surface area contributed by atoms with Crippen molar-refractivity contribution >= 4 is 30.2 Å². The van der Waals surface area contributed by atoms with Crippen molar-refractivity contribution in [1.82, 2.24) is 10.6 Å². The molecule has 2 N–H and O–H groups in total. The molecule has 0 radical (unpaired) electrons. The molecule has 0 amide bonds. The highest BCUT2D eigenvalue weighted by atomic mass is 16.5. The van der Waals surface area contributed by atoms with Crippen LogP contribution in [0.5, 0.6) is 11.5 Å². The van der Waals surface area contributed by atoms with Crippen LogP contribution in [0.1, 0.15) is 5.56 Å². The van der Waals surface area contributed by atoms with Gasteiger partial charge in [-0.05, 0) is 61.7 Å². The third-order valence-electron chi connectivity index (χ3n) is 5.47. The van der Waals surface area contributed by atoms with Crippen LogP contribution in [0.2, 0.25) is 6.82 Å². The monoisotopic (exact) mass is 444 g/mol. The van der Waals surface area contributed by atoms with Gasteiger partial charge in [0.15, 0.2) is 0 Å². The zero-order valence-corrected chi connectivity index (χ0v) is 20.1. The quantitative estimate of drug-likeness (QED) is 0.313. The molecular weight excluding hydrogens is 410 g/mol. The molecule has 7 heteroatoms. The summed E-state index contributed by atoms with van der Waals surface area (Å²) in [6.45, 7) is 7.07. The van der Waals surface area contributed by atoms with Gasteiger partial charge in [-0.15, -0.1) is 0 Å². The van der Waals surface area contributed by atoms with Crippen LogP contribution in [0.25, 0.3) is 0 Å². The molecule has 3 rings (SSSR count). The molecule has 172 valence electrons. The van der Waals surface area contributed by atoms with Gasteiger partial charge in [0.05, 0.1) is 0 Å². The summed E-state index contributed by atoms with van der Waals surface area (Å²) in [7, 11) is 3.85. The Morgan fingerprint density at radius 3 is 1.85 bits per heavy atom. The first-order valence-electron chi connectivity index (χ1n) is 11.6. The van der Waals surface area contributed by atoms with Crippen molar-refractivity contribution in [3.05, 3.63) is 78.4 Å². The van der Waals surface area contributed by atoms with Gasteiger partial charge < -0.3 is 24.7 Å². The summed E-state index contributed by atoms with van der Waals surface area (Å²) in [5.74, 6) is 1.59. The second-order valence-electron chi connectivity index (χ2n) is 8.13. The van der Waals surface area contributed by atoms with E-state index in [4.69, 9.17) is 14.0 Å². The lowest BCUT2D eigenvalue weighted by molar-refractivity contribution is 0.330. The molecule has 0 saturated carbocycles. The summed E-state index contributed by atoms with van der Waals surface area (Å²) in [6, 6.07) is 24.7. The molecule has 0 heterocycles. The number of hydrogen-bond acceptors (Lipinski definition) is 5. The van der Waals surface area contributed by atoms with Crippen molar-refractivity contribution in [3.63, 3.8) is 0 Å². The summed E-state index contributed by atoms with van der Waals surface area (Å²) < 4.78 is 18.1. The van der Waals surface area contributed by atoms with E-state index >= 15 is 0 Å². The Kier molecular flexibility index (Phi) is 10.0. The topological polar surface area (TPSA) is 51.8 Å². The van der Waals surface area contributed by atoms with Gasteiger partial charge in [-0.2, -0.15) is 0 Å². The van der Waals surface area contributed by atoms with E-state index in [2.05, 4.69) is 72.9 Å². The SMILES string of the molecule is CNCCOB(C)c1ccc(Oc2ccc(B(OCCNC)c3cccc(C)c3)cc2)cc1. The van der Waals surface area contributed by atoms with E-state index in [1.165, 1.54) is 5.56 Å². The molecule has 0 spiro atoms. The summed E-state index contributed by atoms with van der Waals surface area (Å²) in [4.78, 5) is 0. The molecule has 5 nitrogen and oxygen atoms in total. The molecular formula is C26H34B2N2O3. The number of nitrogens with one attached hydrogen (secondary N) is 2. The van der Waals surface area contributed by atoms with Gasteiger partial charge in [0.25, 0.3) is 0 Å². The molecule has 0 saturated heterocycles. The first-order chi connectivity index (χ1) is 16.1. The largest absolute Gasteiger partial charge is 0.457 e. The highest BCUT2D eigenvalue weighted by Gasteiger charge is 2.21. The molecule has 33 heavy (non-hydrogen) atoms. The fourth-order valence-electron chi connectivity index (χ4n) is 3.58. The molecule has 3 aromatic rings. The lowest BCUT2D eigenvalue weighted by Crippen LogP contribution is -2.46. The average molecular weight is 444 g/mol. The van der Waals surface area contributed by atoms with Crippen LogP contribution in [0, 0.1) is 6.92 Å². The lowest BCUT2D eigenvalue weighted by atomic mass is 9.55. The van der Waals surface area contributed by atoms with Crippen molar-refractivity contribution < 1.29 is 14.0 Å². The van der Waals surface area contributed by atoms with E-state index < -0.39 is 0 Å². The summed E-state index contributed by atoms with van der Waals surface area (Å²) in [5, 5.41) is 6.23. The van der Waals surface area contributed by atoms with Crippen LogP contribution in [0.3, 0.4) is 0 Å². The number of rotatable bonds is 13. The Bertz CT molecular complexity index is 968. The van der Waals surface area contributed by atoms with Crippen molar-refractivity contribution in [2.24, 2.45) is 0 Å². The van der Waals surface area contributed by atoms with Gasteiger partial charge in [0.1, 0.15) is 11.5 Å². The van der Waals surface area contributed by atoms with Crippen LogP contribution in [0.15, 0.2) is 72.8 Å². The van der Waals surface area contributed by atoms with Gasteiger partial charge in [0, 0.05) is 26.3 Å². The Morgan fingerprint density at radius 2 is 1.27 bits per heavy atom. The van der Waals surface area contributed by atoms with E-state index in [1.54, 1.807) is 0 Å². The van der Waals surface area contributed by atoms with E-state index in [-0.39, 0.29) is 13.8 Å². The minimum atomic E-state index is -0.115. The summed E-state index contributed by atoms with van der Waals surface area (Å²) in [6.07, 6.45) is 0. The lowest BCUT2D eigenvalue weighted by Gasteiger charge is -2.16. The van der Waals surface area contributed by atoms with E-state index in [9.17, 15) is 0 Å². The van der Waals surface area contributed by atoms with Gasteiger partial charge in [-0.25, -0.2) is 0 Å². The normalized spacial score (nSPS) is 10.8. The van der Waals surface area contributed by atoms with Gasteiger partial charge in [-0.1, -0.05) is 60.9 Å². The van der Waals surface area contributed by atoms with Gasteiger partial charge in [-0.3, -0.25) is 0 Å². The fraction of sp³-hybridized carbons (Fsp3) is 0.308. The molecule has 0 atom stereocenters. The summed E-state index contributed by atoms with van der Waals surface area (Å²) in [5.41, 5.74) is 4.61. The zero-order chi connectivity index (χ0) is 23.5. The predicted molar refractivity (Wildman–Crippen MR) is 140 cm³/mol. The van der Waals surface area contributed by atoms with Crippen molar-refractivity contribution in [2.75, 3.05) is 40.4 Å². The van der Waals surface area contributed by atoms with Crippen LogP contribution < -0.4 is 31.8 Å². The van der Waals surface area contributed by atoms with E-state index in [0.29, 0.717) is 13.2 Å². The Hall–Kier alpha value is -2.57. The number of hydrogen-bond donors (Lipinski definition) is 2. The zero-order valence-electron chi connectivity index (χ0n) is 20.1. The molecule has 3 aromatic carbocycles. The van der Waals surface area contributed by atoms with Crippen molar-refractivity contribution in [2.45, 2.75) is 13.7 Å². The maximum Gasteiger partial charge on any atom is 0.361 e. The van der Waals surface area contributed by atoms with Crippen LogP contribution in [-0.4, -0.2) is 54.2 Å². The Balaban J connectivity index is 1.66. The molecule has 0 fully saturated rings. The number of aryl methyl sites for hydroxylation is 1. The van der Waals surface area contributed by atoms with Gasteiger partial charge >= 0.3 is 13.8 Å². The first-order valence-corrected chi connectivity index (χ1v) is 11.6. The Morgan fingerprint density at radius 1 is 0.697 bits per heavy atom. The number of ether oxygens (including phenoxy) is 1. The van der Waals surface area contributed by atoms with Crippen molar-refractivity contribution in [3.8, 4) is 11.5 Å². The second kappa shape index (κ2) is 13.2. The molecule has 0 aliphatic heterocycles. The smallest absolute Gasteiger partial charge is 0.361 e. The Labute approximate surface area is 199 Å². The number of likely N-dealkylation sites (N-methyl/N-ethyl adjacent to an activating group) is 2. The maximum atomic E-state index is 6.22. The van der Waals surface area contributed by atoms with E-state index in [1.807, 2.05) is 38.4 Å². The van der Waals surface area contributed by atoms with Crippen LogP contribution >= 0.6 is 0 Å². The second-order valence-corrected chi connectivity index (χ2v) is 8.13. The highest BCUT2D eigenvalue weighted by molar-refractivity contribution is 6.80. The third-order valence-corrected chi connectivity index (χ3v) is 5.47. The number of benzene rings is 3. The molecule has 0 unspecified atom stereocenters. The third kappa shape index (κ3) is 7.76. The van der Waals surface area contributed by atoms with E-state index in [0.717, 1.165) is 41.0 Å². The molecule has 0 aromatic heterocycles. The minimum absolute atomic E-state index is 0.0492.